The predicted octanol–water partition coefficient (Wildman–Crippen LogP) is 14.4. The van der Waals surface area contributed by atoms with Crippen LogP contribution in [0.25, 0.3) is 0 Å². The second-order valence-electron chi connectivity index (χ2n) is 16.6. The van der Waals surface area contributed by atoms with Crippen LogP contribution in [-0.2, 0) is 19.1 Å². The molecule has 0 aromatic rings. The largest absolute Gasteiger partial charge is 0.462 e. The molecule has 0 aliphatic rings. The molecule has 0 amide bonds. The van der Waals surface area contributed by atoms with E-state index in [0.29, 0.717) is 19.4 Å². The number of carbonyl (C=O) groups excluding carboxylic acids is 2. The van der Waals surface area contributed by atoms with Gasteiger partial charge in [-0.3, -0.25) is 9.59 Å². The summed E-state index contributed by atoms with van der Waals surface area (Å²) in [5.74, 6) is -0.0464. The third-order valence-electron chi connectivity index (χ3n) is 11.2. The number of allylic oxidation sites excluding steroid dienone is 1. The fourth-order valence-electron chi connectivity index (χ4n) is 7.53. The highest BCUT2D eigenvalue weighted by molar-refractivity contribution is 5.69. The summed E-state index contributed by atoms with van der Waals surface area (Å²) in [5, 5.41) is 9.58. The van der Waals surface area contributed by atoms with Crippen molar-refractivity contribution in [2.75, 3.05) is 32.8 Å². The minimum Gasteiger partial charge on any atom is -0.462 e. The zero-order chi connectivity index (χ0) is 40.1. The van der Waals surface area contributed by atoms with Gasteiger partial charge in [-0.25, -0.2) is 0 Å². The van der Waals surface area contributed by atoms with E-state index < -0.39 is 0 Å². The maximum Gasteiger partial charge on any atom is 0.306 e. The maximum atomic E-state index is 12.8. The molecule has 326 valence electrons. The molecule has 0 radical (unpaired) electrons. The molecule has 1 N–H and O–H groups in total. The zero-order valence-electron chi connectivity index (χ0n) is 37.3. The molecule has 0 aliphatic carbocycles. The van der Waals surface area contributed by atoms with Crippen LogP contribution >= 0.6 is 0 Å². The first kappa shape index (κ1) is 53.6. The number of hydrogen-bond acceptors (Lipinski definition) is 6. The summed E-state index contributed by atoms with van der Waals surface area (Å²) < 4.78 is 11.4. The van der Waals surface area contributed by atoms with Crippen molar-refractivity contribution in [3.8, 4) is 0 Å². The van der Waals surface area contributed by atoms with Crippen LogP contribution in [0.5, 0.6) is 0 Å². The first-order chi connectivity index (χ1) is 27.1. The fraction of sp³-hybridized carbons (Fsp3) is 0.918. The van der Waals surface area contributed by atoms with Crippen LogP contribution in [-0.4, -0.2) is 60.9 Å². The lowest BCUT2D eigenvalue weighted by Gasteiger charge is -2.21. The van der Waals surface area contributed by atoms with Gasteiger partial charge in [0, 0.05) is 19.4 Å². The fourth-order valence-corrected chi connectivity index (χ4v) is 7.53. The highest BCUT2D eigenvalue weighted by Crippen LogP contribution is 2.19. The zero-order valence-corrected chi connectivity index (χ0v) is 37.3. The van der Waals surface area contributed by atoms with Gasteiger partial charge in [-0.15, -0.1) is 0 Å². The summed E-state index contributed by atoms with van der Waals surface area (Å²) in [4.78, 5) is 27.1. The Hall–Kier alpha value is -1.40. The number of esters is 2. The normalized spacial score (nSPS) is 12.2. The number of aliphatic hydroxyl groups excluding tert-OH is 1. The van der Waals surface area contributed by atoms with Crippen molar-refractivity contribution in [1.29, 1.82) is 0 Å². The van der Waals surface area contributed by atoms with Gasteiger partial charge in [0.25, 0.3) is 0 Å². The first-order valence-electron chi connectivity index (χ1n) is 24.4. The molecule has 0 bridgehead atoms. The van der Waals surface area contributed by atoms with Crippen LogP contribution in [0.15, 0.2) is 12.2 Å². The minimum atomic E-state index is -0.0681. The average molecular weight is 778 g/mol. The molecule has 1 atom stereocenters. The van der Waals surface area contributed by atoms with Gasteiger partial charge in [0.05, 0.1) is 6.61 Å². The molecule has 1 unspecified atom stereocenters. The van der Waals surface area contributed by atoms with E-state index in [1.807, 2.05) is 6.08 Å². The molecule has 0 heterocycles. The molecule has 6 heteroatoms. The molecule has 0 rings (SSSR count). The van der Waals surface area contributed by atoms with Gasteiger partial charge in [-0.1, -0.05) is 187 Å². The van der Waals surface area contributed by atoms with Crippen LogP contribution in [0.3, 0.4) is 0 Å². The van der Waals surface area contributed by atoms with Crippen LogP contribution in [0, 0.1) is 0 Å². The van der Waals surface area contributed by atoms with Crippen molar-refractivity contribution in [3.05, 3.63) is 12.2 Å². The molecule has 55 heavy (non-hydrogen) atoms. The number of rotatable bonds is 45. The molecule has 0 saturated heterocycles. The lowest BCUT2D eigenvalue weighted by atomic mass is 10.0. The summed E-state index contributed by atoms with van der Waals surface area (Å²) >= 11 is 0. The van der Waals surface area contributed by atoms with E-state index in [0.717, 1.165) is 77.4 Å². The number of unbranched alkanes of at least 4 members (excludes halogenated alkanes) is 27. The molecule has 0 saturated carbocycles. The summed E-state index contributed by atoms with van der Waals surface area (Å²) in [6.07, 6.45) is 46.8. The highest BCUT2D eigenvalue weighted by Gasteiger charge is 2.14. The summed E-state index contributed by atoms with van der Waals surface area (Å²) in [5.41, 5.74) is 0. The second-order valence-corrected chi connectivity index (χ2v) is 16.6. The van der Waals surface area contributed by atoms with Gasteiger partial charge in [-0.2, -0.15) is 0 Å². The third-order valence-corrected chi connectivity index (χ3v) is 11.2. The highest BCUT2D eigenvalue weighted by atomic mass is 16.5. The SMILES string of the molecule is CCCCCC/C=C\COC(=O)CCCCCCCCCN(CCO)CCCCCCCC(=O)OC(CCCCCCCCC)CCCCCCCCCC. The van der Waals surface area contributed by atoms with E-state index in [1.54, 1.807) is 0 Å². The molecule has 0 spiro atoms. The van der Waals surface area contributed by atoms with Crippen molar-refractivity contribution < 1.29 is 24.2 Å². The van der Waals surface area contributed by atoms with Crippen LogP contribution < -0.4 is 0 Å². The molecule has 0 fully saturated rings. The van der Waals surface area contributed by atoms with Crippen molar-refractivity contribution in [1.82, 2.24) is 4.90 Å². The molecule has 0 aromatic carbocycles. The molecule has 6 nitrogen and oxygen atoms in total. The van der Waals surface area contributed by atoms with E-state index in [4.69, 9.17) is 9.47 Å². The number of nitrogens with zero attached hydrogens (tertiary/aromatic N) is 1. The number of ether oxygens (including phenoxy) is 2. The Kier molecular flexibility index (Phi) is 44.2. The van der Waals surface area contributed by atoms with Crippen molar-refractivity contribution in [2.24, 2.45) is 0 Å². The Morgan fingerprint density at radius 3 is 1.35 bits per heavy atom. The average Bonchev–Trinajstić information content (AvgIpc) is 3.18. The van der Waals surface area contributed by atoms with Crippen LogP contribution in [0.1, 0.15) is 252 Å². The smallest absolute Gasteiger partial charge is 0.306 e. The Labute approximate surface area is 343 Å². The number of hydrogen-bond donors (Lipinski definition) is 1. The number of aliphatic hydroxyl groups is 1. The third kappa shape index (κ3) is 42.0. The van der Waals surface area contributed by atoms with Crippen molar-refractivity contribution in [2.45, 2.75) is 258 Å². The van der Waals surface area contributed by atoms with Gasteiger partial charge >= 0.3 is 11.9 Å². The number of carbonyl (C=O) groups is 2. The topological polar surface area (TPSA) is 76.1 Å². The van der Waals surface area contributed by atoms with Gasteiger partial charge in [0.2, 0.25) is 0 Å². The lowest BCUT2D eigenvalue weighted by molar-refractivity contribution is -0.150. The van der Waals surface area contributed by atoms with Crippen LogP contribution in [0.4, 0.5) is 0 Å². The van der Waals surface area contributed by atoms with Crippen molar-refractivity contribution >= 4 is 11.9 Å². The first-order valence-corrected chi connectivity index (χ1v) is 24.4. The van der Waals surface area contributed by atoms with E-state index in [2.05, 4.69) is 31.7 Å². The van der Waals surface area contributed by atoms with Gasteiger partial charge < -0.3 is 19.5 Å². The monoisotopic (exact) mass is 778 g/mol. The Bertz CT molecular complexity index is 817. The van der Waals surface area contributed by atoms with E-state index in [9.17, 15) is 14.7 Å². The maximum absolute atomic E-state index is 12.8. The quantitative estimate of drug-likeness (QED) is 0.0377. The molecular weight excluding hydrogens is 683 g/mol. The molecule has 0 aliphatic heterocycles. The minimum absolute atomic E-state index is 0.0218. The summed E-state index contributed by atoms with van der Waals surface area (Å²) in [7, 11) is 0. The standard InChI is InChI=1S/C49H95NO5/c1-4-7-10-13-16-19-25-32-39-47(38-31-24-18-14-11-8-5-2)55-49(53)41-34-27-23-29-36-43-50(44-45-51)42-35-28-21-17-20-26-33-40-48(52)54-46-37-30-22-15-12-9-6-3/h30,37,47,51H,4-29,31-36,38-46H2,1-3H3/b37-30-. The summed E-state index contributed by atoms with van der Waals surface area (Å²) in [6.45, 7) is 10.3. The Morgan fingerprint density at radius 1 is 0.473 bits per heavy atom. The Balaban J connectivity index is 3.99. The van der Waals surface area contributed by atoms with Crippen LogP contribution in [0.2, 0.25) is 0 Å². The lowest BCUT2D eigenvalue weighted by Crippen LogP contribution is -2.29. The van der Waals surface area contributed by atoms with Gasteiger partial charge in [0.1, 0.15) is 12.7 Å². The second kappa shape index (κ2) is 45.3. The van der Waals surface area contributed by atoms with Gasteiger partial charge in [-0.05, 0) is 77.3 Å². The van der Waals surface area contributed by atoms with E-state index >= 15 is 0 Å². The van der Waals surface area contributed by atoms with Crippen molar-refractivity contribution in [3.63, 3.8) is 0 Å². The Morgan fingerprint density at radius 2 is 0.873 bits per heavy atom. The predicted molar refractivity (Wildman–Crippen MR) is 237 cm³/mol. The molecule has 0 aromatic heterocycles. The van der Waals surface area contributed by atoms with E-state index in [-0.39, 0.29) is 24.6 Å². The van der Waals surface area contributed by atoms with Gasteiger partial charge in [0.15, 0.2) is 0 Å². The van der Waals surface area contributed by atoms with E-state index in [1.165, 1.54) is 161 Å². The summed E-state index contributed by atoms with van der Waals surface area (Å²) in [6, 6.07) is 0. The molecular formula is C49H95NO5.